The summed E-state index contributed by atoms with van der Waals surface area (Å²) in [5, 5.41) is 13.0. The van der Waals surface area contributed by atoms with Crippen LogP contribution >= 0.6 is 0 Å². The predicted octanol–water partition coefficient (Wildman–Crippen LogP) is 0.770. The number of nitrogens with zero attached hydrogens (tertiary/aromatic N) is 3. The van der Waals surface area contributed by atoms with Crippen molar-refractivity contribution in [2.45, 2.75) is 25.4 Å². The molecule has 7 heteroatoms. The third-order valence-corrected chi connectivity index (χ3v) is 5.28. The van der Waals surface area contributed by atoms with E-state index < -0.39 is 5.97 Å². The van der Waals surface area contributed by atoms with Gasteiger partial charge < -0.3 is 19.9 Å². The summed E-state index contributed by atoms with van der Waals surface area (Å²) in [6.07, 6.45) is 4.35. The maximum absolute atomic E-state index is 11.4. The number of imidazole rings is 1. The molecule has 0 amide bonds. The SMILES string of the molecule is O=C(O)c1cccc2ncn(CCNC3CN4CCC3CC4)c12.[LiH]. The monoisotopic (exact) mass is 322 g/mol. The molecular weight excluding hydrogens is 299 g/mol. The number of para-hydroxylation sites is 1. The number of fused-ring (bicyclic) bond motifs is 4. The molecular formula is C17H23LiN4O2. The molecule has 5 rings (SSSR count). The summed E-state index contributed by atoms with van der Waals surface area (Å²) < 4.78 is 1.95. The van der Waals surface area contributed by atoms with Crippen LogP contribution in [0.2, 0.25) is 0 Å². The van der Waals surface area contributed by atoms with Gasteiger partial charge in [-0.05, 0) is 44.0 Å². The Labute approximate surface area is 153 Å². The molecule has 0 radical (unpaired) electrons. The number of carbonyl (C=O) groups is 1. The van der Waals surface area contributed by atoms with Gasteiger partial charge in [-0.1, -0.05) is 6.07 Å². The quantitative estimate of drug-likeness (QED) is 0.796. The zero-order valence-corrected chi connectivity index (χ0v) is 13.1. The van der Waals surface area contributed by atoms with Crippen LogP contribution in [-0.2, 0) is 6.54 Å². The summed E-state index contributed by atoms with van der Waals surface area (Å²) in [6.45, 7) is 5.22. The van der Waals surface area contributed by atoms with Gasteiger partial charge in [-0.15, -0.1) is 0 Å². The van der Waals surface area contributed by atoms with E-state index in [0.717, 1.165) is 36.6 Å². The van der Waals surface area contributed by atoms with Gasteiger partial charge in [0.2, 0.25) is 0 Å². The second-order valence-electron chi connectivity index (χ2n) is 6.62. The second-order valence-corrected chi connectivity index (χ2v) is 6.62. The molecule has 2 aromatic rings. The van der Waals surface area contributed by atoms with Crippen molar-refractivity contribution in [1.82, 2.24) is 19.8 Å². The van der Waals surface area contributed by atoms with E-state index in [4.69, 9.17) is 0 Å². The Bertz CT molecular complexity index is 724. The van der Waals surface area contributed by atoms with Crippen molar-refractivity contribution >= 4 is 35.9 Å². The van der Waals surface area contributed by atoms with Gasteiger partial charge in [-0.3, -0.25) is 0 Å². The molecule has 1 aromatic carbocycles. The van der Waals surface area contributed by atoms with E-state index in [1.54, 1.807) is 18.5 Å². The number of rotatable bonds is 5. The van der Waals surface area contributed by atoms with Crippen LogP contribution in [0.5, 0.6) is 0 Å². The van der Waals surface area contributed by atoms with Crippen molar-refractivity contribution in [3.05, 3.63) is 30.1 Å². The number of carboxylic acid groups (broad SMARTS) is 1. The molecule has 24 heavy (non-hydrogen) atoms. The Balaban J connectivity index is 0.00000169. The first-order valence-electron chi connectivity index (χ1n) is 8.35. The summed E-state index contributed by atoms with van der Waals surface area (Å²) in [4.78, 5) is 18.3. The van der Waals surface area contributed by atoms with Crippen molar-refractivity contribution in [2.75, 3.05) is 26.2 Å². The van der Waals surface area contributed by atoms with Gasteiger partial charge in [0.15, 0.2) is 0 Å². The maximum atomic E-state index is 11.4. The number of piperidine rings is 3. The van der Waals surface area contributed by atoms with E-state index in [1.807, 2.05) is 10.6 Å². The van der Waals surface area contributed by atoms with Crippen molar-refractivity contribution in [3.8, 4) is 0 Å². The van der Waals surface area contributed by atoms with E-state index in [-0.39, 0.29) is 18.9 Å². The molecule has 3 fully saturated rings. The van der Waals surface area contributed by atoms with Crippen LogP contribution in [0, 0.1) is 5.92 Å². The Kier molecular flexibility index (Phi) is 5.31. The number of hydrogen-bond acceptors (Lipinski definition) is 4. The summed E-state index contributed by atoms with van der Waals surface area (Å²) in [5.74, 6) is -0.100. The van der Waals surface area contributed by atoms with Crippen molar-refractivity contribution in [3.63, 3.8) is 0 Å². The molecule has 2 bridgehead atoms. The molecule has 3 aliphatic heterocycles. The molecule has 1 atom stereocenters. The average molecular weight is 322 g/mol. The first-order chi connectivity index (χ1) is 11.2. The van der Waals surface area contributed by atoms with Crippen molar-refractivity contribution < 1.29 is 9.90 Å². The molecule has 0 spiro atoms. The summed E-state index contributed by atoms with van der Waals surface area (Å²) in [6, 6.07) is 5.82. The first-order valence-corrected chi connectivity index (χ1v) is 8.35. The number of hydrogen-bond donors (Lipinski definition) is 2. The predicted molar refractivity (Wildman–Crippen MR) is 94.8 cm³/mol. The van der Waals surface area contributed by atoms with Gasteiger partial charge >= 0.3 is 24.8 Å². The number of nitrogens with one attached hydrogen (secondary N) is 1. The third kappa shape index (κ3) is 3.24. The third-order valence-electron chi connectivity index (χ3n) is 5.28. The molecule has 0 aliphatic carbocycles. The van der Waals surface area contributed by atoms with Crippen LogP contribution in [0.25, 0.3) is 11.0 Å². The number of aromatic nitrogens is 2. The molecule has 0 saturated carbocycles. The van der Waals surface area contributed by atoms with Gasteiger partial charge in [0, 0.05) is 25.7 Å². The zero-order chi connectivity index (χ0) is 15.8. The number of aromatic carboxylic acids is 1. The fraction of sp³-hybridized carbons (Fsp3) is 0.529. The molecule has 1 aromatic heterocycles. The molecule has 4 heterocycles. The van der Waals surface area contributed by atoms with Gasteiger partial charge in [-0.2, -0.15) is 0 Å². The van der Waals surface area contributed by atoms with Crippen LogP contribution < -0.4 is 5.32 Å². The second kappa shape index (κ2) is 7.28. The minimum absolute atomic E-state index is 0. The van der Waals surface area contributed by atoms with Gasteiger partial charge in [0.25, 0.3) is 0 Å². The van der Waals surface area contributed by atoms with Crippen LogP contribution in [0.3, 0.4) is 0 Å². The van der Waals surface area contributed by atoms with Crippen LogP contribution in [0.1, 0.15) is 23.2 Å². The van der Waals surface area contributed by atoms with Crippen molar-refractivity contribution in [1.29, 1.82) is 0 Å². The molecule has 3 saturated heterocycles. The number of benzene rings is 1. The summed E-state index contributed by atoms with van der Waals surface area (Å²) >= 11 is 0. The van der Waals surface area contributed by atoms with Gasteiger partial charge in [0.1, 0.15) is 0 Å². The summed E-state index contributed by atoms with van der Waals surface area (Å²) in [5.41, 5.74) is 1.78. The Hall–Kier alpha value is -1.32. The van der Waals surface area contributed by atoms with Gasteiger partial charge in [-0.25, -0.2) is 9.78 Å². The fourth-order valence-corrected chi connectivity index (χ4v) is 4.04. The van der Waals surface area contributed by atoms with E-state index >= 15 is 0 Å². The Morgan fingerprint density at radius 2 is 2.12 bits per heavy atom. The molecule has 124 valence electrons. The molecule has 1 unspecified atom stereocenters. The van der Waals surface area contributed by atoms with E-state index in [2.05, 4.69) is 15.2 Å². The zero-order valence-electron chi connectivity index (χ0n) is 13.1. The van der Waals surface area contributed by atoms with E-state index in [1.165, 1.54) is 25.9 Å². The van der Waals surface area contributed by atoms with Crippen LogP contribution in [0.4, 0.5) is 0 Å². The van der Waals surface area contributed by atoms with Crippen molar-refractivity contribution in [2.24, 2.45) is 5.92 Å². The number of carboxylic acids is 1. The summed E-state index contributed by atoms with van der Waals surface area (Å²) in [7, 11) is 0. The van der Waals surface area contributed by atoms with E-state index in [0.29, 0.717) is 11.6 Å². The Morgan fingerprint density at radius 3 is 2.79 bits per heavy atom. The van der Waals surface area contributed by atoms with Crippen LogP contribution in [-0.4, -0.2) is 76.6 Å². The molecule has 2 N–H and O–H groups in total. The first kappa shape index (κ1) is 17.5. The molecule has 3 aliphatic rings. The fourth-order valence-electron chi connectivity index (χ4n) is 4.04. The molecule has 6 nitrogen and oxygen atoms in total. The standard InChI is InChI=1S/C17H22N4O2.Li.H/c22-17(23)13-2-1-3-14-16(13)21(11-19-14)9-6-18-15-10-20-7-4-12(15)5-8-20;;/h1-3,11-12,15,18H,4-10H2,(H,22,23);;. The normalized spacial score (nSPS) is 25.6. The van der Waals surface area contributed by atoms with E-state index in [9.17, 15) is 9.90 Å². The minimum atomic E-state index is -0.900. The topological polar surface area (TPSA) is 70.4 Å². The van der Waals surface area contributed by atoms with Crippen LogP contribution in [0.15, 0.2) is 24.5 Å². The van der Waals surface area contributed by atoms with Gasteiger partial charge in [0.05, 0.1) is 22.9 Å². The average Bonchev–Trinajstić information content (AvgIpc) is 2.99. The Morgan fingerprint density at radius 1 is 1.33 bits per heavy atom.